The molecule has 0 spiro atoms. The van der Waals surface area contributed by atoms with E-state index in [1.54, 1.807) is 74.0 Å². The zero-order valence-electron chi connectivity index (χ0n) is 38.4. The van der Waals surface area contributed by atoms with Gasteiger partial charge < -0.3 is 33.6 Å². The molecule has 3 unspecified atom stereocenters. The van der Waals surface area contributed by atoms with Crippen LogP contribution in [-0.2, 0) is 20.8 Å². The molecule has 352 valence electrons. The molecule has 11 nitrogen and oxygen atoms in total. The molecule has 6 rings (SSSR count). The molecule has 3 atom stereocenters. The molecule has 2 aliphatic rings. The van der Waals surface area contributed by atoms with Crippen LogP contribution in [0.25, 0.3) is 0 Å². The molecule has 4 aromatic rings. The first-order valence-corrected chi connectivity index (χ1v) is 25.6. The maximum atomic E-state index is 14.0. The van der Waals surface area contributed by atoms with E-state index in [2.05, 4.69) is 31.7 Å². The Morgan fingerprint density at radius 1 is 0.554 bits per heavy atom. The number of carbonyl (C=O) groups excluding carboxylic acids is 2. The summed E-state index contributed by atoms with van der Waals surface area (Å²) in [7, 11) is 7.20. The number of unbranched alkanes of at least 4 members (excludes halogenated alkanes) is 4. The summed E-state index contributed by atoms with van der Waals surface area (Å²) in [6.07, 6.45) is 6.21. The smallest absolute Gasteiger partial charge is 0.241 e. The van der Waals surface area contributed by atoms with Crippen LogP contribution in [-0.4, -0.2) is 165 Å². The number of hydrogen-bond acceptors (Lipinski definition) is 10. The first-order chi connectivity index (χ1) is 31.4. The van der Waals surface area contributed by atoms with E-state index in [-0.39, 0.29) is 11.8 Å². The van der Waals surface area contributed by atoms with Crippen LogP contribution >= 0.6 is 35.0 Å². The minimum absolute atomic E-state index is 0.0119. The van der Waals surface area contributed by atoms with Crippen LogP contribution in [0, 0.1) is 0 Å². The minimum atomic E-state index is -1.27. The molecule has 4 aromatic carbocycles. The zero-order chi connectivity index (χ0) is 46.1. The maximum absolute atomic E-state index is 14.0. The molecule has 15 heteroatoms. The highest BCUT2D eigenvalue weighted by Gasteiger charge is 2.44. The van der Waals surface area contributed by atoms with Gasteiger partial charge in [-0.1, -0.05) is 35.0 Å². The lowest BCUT2D eigenvalue weighted by Gasteiger charge is -2.47. The van der Waals surface area contributed by atoms with E-state index in [1.807, 2.05) is 60.7 Å². The summed E-state index contributed by atoms with van der Waals surface area (Å²) in [5.74, 6) is 1.63. The number of rotatable bonds is 23. The van der Waals surface area contributed by atoms with Crippen LogP contribution in [0.4, 0.5) is 0 Å². The number of amides is 2. The predicted molar refractivity (Wildman–Crippen MR) is 264 cm³/mol. The molecule has 0 bridgehead atoms. The normalized spacial score (nSPS) is 16.7. The molecule has 0 N–H and O–H groups in total. The first-order valence-electron chi connectivity index (χ1n) is 22.9. The number of carbonyl (C=O) groups is 2. The summed E-state index contributed by atoms with van der Waals surface area (Å²) in [6, 6.07) is 29.5. The Labute approximate surface area is 404 Å². The lowest BCUT2D eigenvalue weighted by atomic mass is 9.99. The van der Waals surface area contributed by atoms with Crippen molar-refractivity contribution < 1.29 is 23.6 Å². The molecule has 2 fully saturated rings. The summed E-state index contributed by atoms with van der Waals surface area (Å²) < 4.78 is 24.9. The highest BCUT2D eigenvalue weighted by atomic mass is 35.5. The monoisotopic (exact) mass is 964 g/mol. The fourth-order valence-corrected chi connectivity index (χ4v) is 10.4. The standard InChI is InChI=1S/C50H66Cl2N6O5S2/c1-53(2)49(59)47(57-33-29-55(30-34-57)27-7-5-9-37-62-41-15-21-44(22-16-41)64-43-19-11-39(51)12-20-43)48(50(60)54(3)4)58-35-31-56(32-36-58)28-8-6-10-38-63-42-17-25-46(26-18-42)65(61)45-23-13-40(52)14-24-45/h11-26,47-48H,5-10,27-38H2,1-4H3. The van der Waals surface area contributed by atoms with Gasteiger partial charge in [0.2, 0.25) is 11.8 Å². The predicted octanol–water partition coefficient (Wildman–Crippen LogP) is 8.26. The molecular weight excluding hydrogens is 900 g/mol. The topological polar surface area (TPSA) is 95.1 Å². The van der Waals surface area contributed by atoms with E-state index in [0.29, 0.717) is 23.1 Å². The number of piperazine rings is 2. The van der Waals surface area contributed by atoms with Crippen molar-refractivity contribution >= 4 is 58.0 Å². The Kier molecular flexibility index (Phi) is 20.5. The third-order valence-electron chi connectivity index (χ3n) is 12.0. The van der Waals surface area contributed by atoms with Gasteiger partial charge in [-0.3, -0.25) is 19.4 Å². The first kappa shape index (κ1) is 50.9. The van der Waals surface area contributed by atoms with Crippen LogP contribution < -0.4 is 9.47 Å². The molecule has 0 radical (unpaired) electrons. The van der Waals surface area contributed by atoms with Gasteiger partial charge in [-0.2, -0.15) is 0 Å². The second-order valence-corrected chi connectivity index (χ2v) is 20.6. The molecule has 0 aliphatic carbocycles. The lowest BCUT2D eigenvalue weighted by Crippen LogP contribution is -2.67. The minimum Gasteiger partial charge on any atom is -0.606 e. The number of nitrogens with zero attached hydrogens (tertiary/aromatic N) is 6. The third kappa shape index (κ3) is 15.8. The van der Waals surface area contributed by atoms with Gasteiger partial charge in [0.1, 0.15) is 23.6 Å². The van der Waals surface area contributed by atoms with Crippen LogP contribution in [0.3, 0.4) is 0 Å². The molecule has 2 saturated heterocycles. The summed E-state index contributed by atoms with van der Waals surface area (Å²) in [5.41, 5.74) is 0. The van der Waals surface area contributed by atoms with Crippen LogP contribution in [0.2, 0.25) is 10.0 Å². The van der Waals surface area contributed by atoms with Crippen molar-refractivity contribution in [2.75, 3.05) is 107 Å². The van der Waals surface area contributed by atoms with Gasteiger partial charge in [0.05, 0.1) is 13.2 Å². The van der Waals surface area contributed by atoms with Crippen molar-refractivity contribution in [2.45, 2.75) is 70.2 Å². The number of hydrogen-bond donors (Lipinski definition) is 0. The molecule has 0 aromatic heterocycles. The van der Waals surface area contributed by atoms with Crippen molar-refractivity contribution in [3.05, 3.63) is 107 Å². The van der Waals surface area contributed by atoms with E-state index < -0.39 is 23.3 Å². The van der Waals surface area contributed by atoms with E-state index in [0.717, 1.165) is 135 Å². The Hall–Kier alpha value is -3.50. The number of likely N-dealkylation sites (N-methyl/N-ethyl adjacent to an activating group) is 2. The highest BCUT2D eigenvalue weighted by Crippen LogP contribution is 2.30. The largest absolute Gasteiger partial charge is 0.606 e. The number of halogens is 2. The van der Waals surface area contributed by atoms with E-state index in [4.69, 9.17) is 32.7 Å². The van der Waals surface area contributed by atoms with Crippen molar-refractivity contribution in [3.8, 4) is 11.5 Å². The SMILES string of the molecule is CN(C)C(=O)C(C(C(=O)N(C)C)N1CCN(CCCCCOc2ccc([S+]([O-])c3ccc(Cl)cc3)cc2)CC1)N1CCN(CCCCCOc2ccc(Sc3ccc(Cl)cc3)cc2)CC1. The van der Waals surface area contributed by atoms with E-state index in [9.17, 15) is 14.1 Å². The van der Waals surface area contributed by atoms with Crippen molar-refractivity contribution in [1.29, 1.82) is 0 Å². The Balaban J connectivity index is 0.885. The second kappa shape index (κ2) is 26.2. The van der Waals surface area contributed by atoms with Crippen LogP contribution in [0.15, 0.2) is 117 Å². The summed E-state index contributed by atoms with van der Waals surface area (Å²) in [5, 5.41) is 1.36. The van der Waals surface area contributed by atoms with Crippen molar-refractivity contribution in [2.24, 2.45) is 0 Å². The quantitative estimate of drug-likeness (QED) is 0.0535. The maximum Gasteiger partial charge on any atom is 0.241 e. The highest BCUT2D eigenvalue weighted by molar-refractivity contribution is 7.99. The Morgan fingerprint density at radius 3 is 1.31 bits per heavy atom. The zero-order valence-corrected chi connectivity index (χ0v) is 41.6. The van der Waals surface area contributed by atoms with Gasteiger partial charge in [0.25, 0.3) is 0 Å². The second-order valence-electron chi connectivity index (χ2n) is 17.1. The van der Waals surface area contributed by atoms with E-state index >= 15 is 0 Å². The average Bonchev–Trinajstić information content (AvgIpc) is 3.32. The molecular formula is C50H66Cl2N6O5S2. The van der Waals surface area contributed by atoms with Crippen LogP contribution in [0.1, 0.15) is 38.5 Å². The van der Waals surface area contributed by atoms with Gasteiger partial charge in [0.15, 0.2) is 9.79 Å². The molecule has 65 heavy (non-hydrogen) atoms. The molecule has 0 saturated carbocycles. The van der Waals surface area contributed by atoms with Crippen molar-refractivity contribution in [3.63, 3.8) is 0 Å². The summed E-state index contributed by atoms with van der Waals surface area (Å²) >= 11 is 12.4. The fourth-order valence-electron chi connectivity index (χ4n) is 8.25. The number of benzene rings is 4. The lowest BCUT2D eigenvalue weighted by molar-refractivity contribution is -0.149. The van der Waals surface area contributed by atoms with Gasteiger partial charge in [-0.15, -0.1) is 0 Å². The summed E-state index contributed by atoms with van der Waals surface area (Å²) in [6.45, 7) is 9.73. The van der Waals surface area contributed by atoms with Gasteiger partial charge in [0, 0.05) is 112 Å². The van der Waals surface area contributed by atoms with E-state index in [1.165, 1.54) is 0 Å². The number of ether oxygens (including phenoxy) is 2. The van der Waals surface area contributed by atoms with Gasteiger partial charge in [-0.25, -0.2) is 0 Å². The summed E-state index contributed by atoms with van der Waals surface area (Å²) in [4.78, 5) is 44.6. The third-order valence-corrected chi connectivity index (χ3v) is 14.9. The van der Waals surface area contributed by atoms with Gasteiger partial charge in [-0.05, 0) is 149 Å². The Bertz CT molecular complexity index is 2030. The van der Waals surface area contributed by atoms with Gasteiger partial charge >= 0.3 is 0 Å². The fraction of sp³-hybridized carbons (Fsp3) is 0.480. The van der Waals surface area contributed by atoms with Crippen molar-refractivity contribution in [1.82, 2.24) is 29.4 Å². The van der Waals surface area contributed by atoms with Crippen LogP contribution in [0.5, 0.6) is 11.5 Å². The molecule has 2 heterocycles. The Morgan fingerprint density at radius 2 is 0.908 bits per heavy atom. The molecule has 2 aliphatic heterocycles. The average molecular weight is 966 g/mol. The molecule has 2 amide bonds.